The normalized spacial score (nSPS) is 36.2. The highest BCUT2D eigenvalue weighted by Gasteiger charge is 2.64. The summed E-state index contributed by atoms with van der Waals surface area (Å²) in [6.45, 7) is 3.74. The zero-order valence-corrected chi connectivity index (χ0v) is 19.8. The first-order valence-electron chi connectivity index (χ1n) is 12.1. The molecule has 1 N–H and O–H groups in total. The SMILES string of the molecule is CC(=O)[C@]1(O)CC[C@@H]2[C@H]3CCC4=CC(=O)CCC4=C3[C@H](c3ccc(N(C)C)cc3)C[C@@]21C. The van der Waals surface area contributed by atoms with Crippen molar-refractivity contribution in [1.82, 2.24) is 0 Å². The summed E-state index contributed by atoms with van der Waals surface area (Å²) >= 11 is 0. The Balaban J connectivity index is 1.67. The fourth-order valence-electron chi connectivity index (χ4n) is 7.55. The van der Waals surface area contributed by atoms with Gasteiger partial charge in [-0.2, -0.15) is 0 Å². The van der Waals surface area contributed by atoms with E-state index in [1.165, 1.54) is 22.3 Å². The van der Waals surface area contributed by atoms with E-state index in [-0.39, 0.29) is 17.5 Å². The number of anilines is 1. The van der Waals surface area contributed by atoms with Crippen molar-refractivity contribution in [2.75, 3.05) is 19.0 Å². The minimum absolute atomic E-state index is 0.0834. The van der Waals surface area contributed by atoms with Gasteiger partial charge < -0.3 is 10.0 Å². The Kier molecular flexibility index (Phi) is 5.01. The van der Waals surface area contributed by atoms with Crippen molar-refractivity contribution in [3.8, 4) is 0 Å². The Morgan fingerprint density at radius 2 is 1.81 bits per heavy atom. The van der Waals surface area contributed by atoms with Crippen molar-refractivity contribution < 1.29 is 14.7 Å². The largest absolute Gasteiger partial charge is 0.382 e. The minimum atomic E-state index is -1.24. The van der Waals surface area contributed by atoms with Crippen molar-refractivity contribution >= 4 is 17.3 Å². The number of fused-ring (bicyclic) bond motifs is 4. The predicted molar refractivity (Wildman–Crippen MR) is 127 cm³/mol. The maximum Gasteiger partial charge on any atom is 0.161 e. The molecule has 170 valence electrons. The molecule has 2 saturated carbocycles. The van der Waals surface area contributed by atoms with Gasteiger partial charge in [0.1, 0.15) is 5.60 Å². The Morgan fingerprint density at radius 3 is 2.47 bits per heavy atom. The summed E-state index contributed by atoms with van der Waals surface area (Å²) in [6, 6.07) is 8.78. The van der Waals surface area contributed by atoms with Crippen LogP contribution < -0.4 is 4.90 Å². The number of hydrogen-bond acceptors (Lipinski definition) is 4. The third-order valence-electron chi connectivity index (χ3n) is 9.28. The molecule has 4 nitrogen and oxygen atoms in total. The lowest BCUT2D eigenvalue weighted by atomic mass is 9.51. The number of nitrogens with zero attached hydrogens (tertiary/aromatic N) is 1. The monoisotopic (exact) mass is 433 g/mol. The number of carbonyl (C=O) groups is 2. The highest BCUT2D eigenvalue weighted by molar-refractivity contribution is 5.93. The first-order chi connectivity index (χ1) is 15.2. The van der Waals surface area contributed by atoms with Crippen molar-refractivity contribution in [1.29, 1.82) is 0 Å². The molecule has 0 aromatic heterocycles. The molecule has 5 atom stereocenters. The van der Waals surface area contributed by atoms with Crippen molar-refractivity contribution in [3.05, 3.63) is 52.6 Å². The quantitative estimate of drug-likeness (QED) is 0.731. The molecule has 5 rings (SSSR count). The smallest absolute Gasteiger partial charge is 0.161 e. The van der Waals surface area contributed by atoms with Gasteiger partial charge >= 0.3 is 0 Å². The molecule has 0 saturated heterocycles. The molecule has 1 aromatic carbocycles. The highest BCUT2D eigenvalue weighted by atomic mass is 16.3. The molecule has 2 fully saturated rings. The van der Waals surface area contributed by atoms with Gasteiger partial charge in [-0.3, -0.25) is 9.59 Å². The van der Waals surface area contributed by atoms with E-state index in [1.807, 2.05) is 20.2 Å². The van der Waals surface area contributed by atoms with E-state index in [9.17, 15) is 14.7 Å². The topological polar surface area (TPSA) is 57.6 Å². The van der Waals surface area contributed by atoms with E-state index < -0.39 is 11.0 Å². The minimum Gasteiger partial charge on any atom is -0.382 e. The summed E-state index contributed by atoms with van der Waals surface area (Å²) in [7, 11) is 4.09. The summed E-state index contributed by atoms with van der Waals surface area (Å²) in [6.07, 6.45) is 7.53. The van der Waals surface area contributed by atoms with Gasteiger partial charge in [0.25, 0.3) is 0 Å². The maximum atomic E-state index is 12.7. The Hall–Kier alpha value is -2.20. The van der Waals surface area contributed by atoms with Crippen LogP contribution in [0.1, 0.15) is 70.3 Å². The number of carbonyl (C=O) groups excluding carboxylic acids is 2. The first kappa shape index (κ1) is 21.6. The lowest BCUT2D eigenvalue weighted by Crippen LogP contribution is -2.55. The average molecular weight is 434 g/mol. The lowest BCUT2D eigenvalue weighted by molar-refractivity contribution is -0.152. The zero-order valence-electron chi connectivity index (χ0n) is 19.8. The van der Waals surface area contributed by atoms with Crippen LogP contribution in [-0.2, 0) is 9.59 Å². The second kappa shape index (κ2) is 7.41. The van der Waals surface area contributed by atoms with E-state index >= 15 is 0 Å². The van der Waals surface area contributed by atoms with Crippen LogP contribution in [0.4, 0.5) is 5.69 Å². The highest BCUT2D eigenvalue weighted by Crippen LogP contribution is 2.66. The third-order valence-corrected chi connectivity index (χ3v) is 9.28. The van der Waals surface area contributed by atoms with Crippen LogP contribution in [0.3, 0.4) is 0 Å². The Morgan fingerprint density at radius 1 is 1.09 bits per heavy atom. The molecule has 4 aliphatic carbocycles. The molecular formula is C28H35NO3. The number of benzene rings is 1. The van der Waals surface area contributed by atoms with Gasteiger partial charge in [-0.1, -0.05) is 24.6 Å². The molecule has 0 amide bonds. The summed E-state index contributed by atoms with van der Waals surface area (Å²) in [5.74, 6) is 1.03. The van der Waals surface area contributed by atoms with Gasteiger partial charge in [0.2, 0.25) is 0 Å². The summed E-state index contributed by atoms with van der Waals surface area (Å²) in [4.78, 5) is 27.0. The van der Waals surface area contributed by atoms with Gasteiger partial charge in [0, 0.05) is 37.5 Å². The van der Waals surface area contributed by atoms with Crippen LogP contribution in [0.15, 0.2) is 47.1 Å². The van der Waals surface area contributed by atoms with E-state index in [1.54, 1.807) is 6.92 Å². The zero-order chi connectivity index (χ0) is 22.8. The average Bonchev–Trinajstić information content (AvgIpc) is 3.04. The number of Topliss-reactive ketones (excluding diaryl/α,β-unsaturated/α-hetero) is 1. The van der Waals surface area contributed by atoms with Crippen molar-refractivity contribution in [2.24, 2.45) is 17.3 Å². The van der Waals surface area contributed by atoms with E-state index in [4.69, 9.17) is 0 Å². The van der Waals surface area contributed by atoms with Crippen LogP contribution in [0.2, 0.25) is 0 Å². The van der Waals surface area contributed by atoms with Crippen LogP contribution in [0, 0.1) is 17.3 Å². The molecule has 4 heteroatoms. The van der Waals surface area contributed by atoms with Gasteiger partial charge in [-0.25, -0.2) is 0 Å². The lowest BCUT2D eigenvalue weighted by Gasteiger charge is -2.54. The third kappa shape index (κ3) is 2.98. The molecule has 1 aromatic rings. The summed E-state index contributed by atoms with van der Waals surface area (Å²) < 4.78 is 0. The molecular weight excluding hydrogens is 398 g/mol. The summed E-state index contributed by atoms with van der Waals surface area (Å²) in [5, 5.41) is 11.6. The molecule has 0 aliphatic heterocycles. The van der Waals surface area contributed by atoms with E-state index in [2.05, 4.69) is 36.1 Å². The van der Waals surface area contributed by atoms with Crippen molar-refractivity contribution in [3.63, 3.8) is 0 Å². The number of rotatable bonds is 3. The number of hydrogen-bond donors (Lipinski definition) is 1. The summed E-state index contributed by atoms with van der Waals surface area (Å²) in [5.41, 5.74) is 4.91. The second-order valence-electron chi connectivity index (χ2n) is 10.9. The van der Waals surface area contributed by atoms with E-state index in [0.29, 0.717) is 24.7 Å². The number of ketones is 2. The molecule has 32 heavy (non-hydrogen) atoms. The van der Waals surface area contributed by atoms with Gasteiger partial charge in [-0.05, 0) is 92.2 Å². The van der Waals surface area contributed by atoms with Gasteiger partial charge in [0.05, 0.1) is 0 Å². The van der Waals surface area contributed by atoms with Crippen LogP contribution >= 0.6 is 0 Å². The fourth-order valence-corrected chi connectivity index (χ4v) is 7.55. The molecule has 4 aliphatic rings. The molecule has 0 unspecified atom stereocenters. The molecule has 0 spiro atoms. The van der Waals surface area contributed by atoms with E-state index in [0.717, 1.165) is 37.8 Å². The number of aliphatic hydroxyl groups is 1. The fraction of sp³-hybridized carbons (Fsp3) is 0.571. The van der Waals surface area contributed by atoms with Crippen molar-refractivity contribution in [2.45, 2.75) is 70.3 Å². The van der Waals surface area contributed by atoms with Gasteiger partial charge in [0.15, 0.2) is 11.6 Å². The van der Waals surface area contributed by atoms with Crippen LogP contribution in [-0.4, -0.2) is 36.4 Å². The molecule has 0 heterocycles. The van der Waals surface area contributed by atoms with Crippen LogP contribution in [0.5, 0.6) is 0 Å². The molecule has 0 radical (unpaired) electrons. The molecule has 0 bridgehead atoms. The van der Waals surface area contributed by atoms with Gasteiger partial charge in [-0.15, -0.1) is 0 Å². The predicted octanol–water partition coefficient (Wildman–Crippen LogP) is 4.97. The first-order valence-corrected chi connectivity index (χ1v) is 12.1. The number of allylic oxidation sites excluding steroid dienone is 4. The second-order valence-corrected chi connectivity index (χ2v) is 10.9. The van der Waals surface area contributed by atoms with Crippen LogP contribution in [0.25, 0.3) is 0 Å². The maximum absolute atomic E-state index is 12.7. The Bertz CT molecular complexity index is 1030. The Labute approximate surface area is 191 Å². The standard InChI is InChI=1S/C28H35NO3/c1-17(30)28(32)14-13-25-23-11-7-19-15-21(31)10-12-22(19)26(23)24(16-27(25,28)2)18-5-8-20(9-6-18)29(3)4/h5-6,8-9,15,23-25,32H,7,10-14,16H2,1-4H3/t23-,24+,25-,27+,28-/m1/s1.